The van der Waals surface area contributed by atoms with Crippen LogP contribution in [-0.2, 0) is 19.5 Å². The molecule has 4 aromatic heterocycles. The van der Waals surface area contributed by atoms with Gasteiger partial charge in [-0.15, -0.1) is 0 Å². The Hall–Kier alpha value is -4.82. The molecule has 2 aliphatic rings. The number of hydrogen-bond donors (Lipinski definition) is 0. The maximum atomic E-state index is 13.7. The first kappa shape index (κ1) is 34.6. The topological polar surface area (TPSA) is 138 Å². The smallest absolute Gasteiger partial charge is 0.410 e. The SMILES string of the molecule is Cc1ccc(S(=O)(=O)n2ccc3c(-c4nc(-c5c(C)nn(C6CCN(C(=O)OC(C)(C)C)C6)c5C)cc(N5CCOC[C@H]5C)n4)ccnc32)cc1. The van der Waals surface area contributed by atoms with Gasteiger partial charge < -0.3 is 19.3 Å². The van der Waals surface area contributed by atoms with Crippen molar-refractivity contribution < 1.29 is 22.7 Å². The van der Waals surface area contributed by atoms with Crippen LogP contribution in [0.1, 0.15) is 57.1 Å². The Morgan fingerprint density at radius 2 is 1.78 bits per heavy atom. The normalized spacial score (nSPS) is 18.5. The second-order valence-electron chi connectivity index (χ2n) is 14.4. The van der Waals surface area contributed by atoms with Crippen molar-refractivity contribution in [1.82, 2.24) is 33.6 Å². The van der Waals surface area contributed by atoms with Gasteiger partial charge in [0.15, 0.2) is 11.5 Å². The van der Waals surface area contributed by atoms with Crippen LogP contribution in [0.5, 0.6) is 0 Å². The van der Waals surface area contributed by atoms with Gasteiger partial charge in [-0.2, -0.15) is 5.10 Å². The number of fused-ring (bicyclic) bond motifs is 1. The van der Waals surface area contributed by atoms with Gasteiger partial charge >= 0.3 is 6.09 Å². The average Bonchev–Trinajstić information content (AvgIpc) is 3.82. The lowest BCUT2D eigenvalue weighted by molar-refractivity contribution is 0.0288. The highest BCUT2D eigenvalue weighted by atomic mass is 32.2. The fraction of sp³-hybridized carbons (Fsp3) is 0.432. The molecule has 5 aromatic rings. The van der Waals surface area contributed by atoms with Gasteiger partial charge in [0, 0.05) is 60.3 Å². The summed E-state index contributed by atoms with van der Waals surface area (Å²) < 4.78 is 42.1. The molecule has 2 fully saturated rings. The first-order valence-electron chi connectivity index (χ1n) is 17.3. The van der Waals surface area contributed by atoms with Gasteiger partial charge in [-0.25, -0.2) is 32.1 Å². The Labute approximate surface area is 298 Å². The van der Waals surface area contributed by atoms with Crippen LogP contribution < -0.4 is 4.90 Å². The molecule has 14 heteroatoms. The van der Waals surface area contributed by atoms with Crippen LogP contribution in [0.3, 0.4) is 0 Å². The number of rotatable bonds is 6. The molecule has 268 valence electrons. The standard InChI is InChI=1S/C37H44N8O5S/c1-23-8-10-28(11-9-23)51(47,48)44-17-14-30-29(12-15-38-35(30)44)34-39-31(20-32(40-34)43-18-19-49-22-24(43)2)33-25(3)41-45(26(33)4)27-13-16-42(21-27)36(46)50-37(5,6)7/h8-12,14-15,17,20,24,27H,13,16,18-19,21-22H2,1-7H3/t24-,27?/m1/s1. The molecule has 2 atom stereocenters. The van der Waals surface area contributed by atoms with Crippen LogP contribution in [0.15, 0.2) is 59.8 Å². The number of benzene rings is 1. The van der Waals surface area contributed by atoms with Crippen LogP contribution in [0.25, 0.3) is 33.7 Å². The highest BCUT2D eigenvalue weighted by molar-refractivity contribution is 7.90. The molecular formula is C37H44N8O5S. The number of anilines is 1. The lowest BCUT2D eigenvalue weighted by Crippen LogP contribution is -2.44. The van der Waals surface area contributed by atoms with Crippen molar-refractivity contribution in [3.63, 3.8) is 0 Å². The Balaban J connectivity index is 1.31. The molecule has 1 unspecified atom stereocenters. The van der Waals surface area contributed by atoms with E-state index >= 15 is 0 Å². The predicted molar refractivity (Wildman–Crippen MR) is 194 cm³/mol. The number of ether oxygens (including phenoxy) is 2. The van der Waals surface area contributed by atoms with Gasteiger partial charge in [-0.3, -0.25) is 4.68 Å². The lowest BCUT2D eigenvalue weighted by Gasteiger charge is -2.34. The van der Waals surface area contributed by atoms with E-state index in [1.807, 2.05) is 58.4 Å². The molecule has 0 radical (unpaired) electrons. The quantitative estimate of drug-likeness (QED) is 0.208. The molecule has 0 aliphatic carbocycles. The van der Waals surface area contributed by atoms with Gasteiger partial charge in [0.05, 0.1) is 41.6 Å². The molecule has 1 aromatic carbocycles. The van der Waals surface area contributed by atoms with Crippen LogP contribution in [0.2, 0.25) is 0 Å². The Bertz CT molecular complexity index is 2220. The summed E-state index contributed by atoms with van der Waals surface area (Å²) in [6, 6.07) is 12.4. The molecule has 2 aliphatic heterocycles. The maximum Gasteiger partial charge on any atom is 0.410 e. The van der Waals surface area contributed by atoms with E-state index < -0.39 is 15.6 Å². The van der Waals surface area contributed by atoms with Crippen molar-refractivity contribution in [3.05, 3.63) is 71.8 Å². The number of morpholine rings is 1. The first-order chi connectivity index (χ1) is 24.2. The van der Waals surface area contributed by atoms with Crippen molar-refractivity contribution in [3.8, 4) is 22.6 Å². The maximum absolute atomic E-state index is 13.7. The molecule has 0 N–H and O–H groups in total. The highest BCUT2D eigenvalue weighted by Crippen LogP contribution is 2.36. The van der Waals surface area contributed by atoms with Gasteiger partial charge in [0.2, 0.25) is 0 Å². The van der Waals surface area contributed by atoms with Gasteiger partial charge in [0.25, 0.3) is 10.0 Å². The van der Waals surface area contributed by atoms with Crippen molar-refractivity contribution >= 4 is 33.0 Å². The van der Waals surface area contributed by atoms with Gasteiger partial charge in [-0.1, -0.05) is 17.7 Å². The number of aromatic nitrogens is 6. The van der Waals surface area contributed by atoms with E-state index in [0.29, 0.717) is 61.0 Å². The Morgan fingerprint density at radius 1 is 1.02 bits per heavy atom. The predicted octanol–water partition coefficient (Wildman–Crippen LogP) is 5.93. The summed E-state index contributed by atoms with van der Waals surface area (Å²) in [5.74, 6) is 1.19. The monoisotopic (exact) mass is 712 g/mol. The van der Waals surface area contributed by atoms with Crippen molar-refractivity contribution in [1.29, 1.82) is 0 Å². The molecule has 6 heterocycles. The number of carbonyl (C=O) groups excluding carboxylic acids is 1. The molecule has 13 nitrogen and oxygen atoms in total. The van der Waals surface area contributed by atoms with E-state index in [4.69, 9.17) is 24.5 Å². The summed E-state index contributed by atoms with van der Waals surface area (Å²) >= 11 is 0. The highest BCUT2D eigenvalue weighted by Gasteiger charge is 2.33. The van der Waals surface area contributed by atoms with E-state index in [2.05, 4.69) is 16.8 Å². The van der Waals surface area contributed by atoms with Crippen molar-refractivity contribution in [2.75, 3.05) is 37.7 Å². The van der Waals surface area contributed by atoms with Crippen molar-refractivity contribution in [2.45, 2.75) is 77.5 Å². The molecular weight excluding hydrogens is 669 g/mol. The van der Waals surface area contributed by atoms with Gasteiger partial charge in [0.1, 0.15) is 11.4 Å². The number of likely N-dealkylation sites (tertiary alicyclic amines) is 1. The van der Waals surface area contributed by atoms with E-state index in [9.17, 15) is 13.2 Å². The summed E-state index contributed by atoms with van der Waals surface area (Å²) in [4.78, 5) is 31.7. The van der Waals surface area contributed by atoms with Crippen LogP contribution in [-0.4, -0.2) is 92.6 Å². The van der Waals surface area contributed by atoms with Crippen LogP contribution in [0.4, 0.5) is 10.6 Å². The summed E-state index contributed by atoms with van der Waals surface area (Å²) in [7, 11) is -3.91. The largest absolute Gasteiger partial charge is 0.444 e. The zero-order valence-electron chi connectivity index (χ0n) is 30.1. The molecule has 51 heavy (non-hydrogen) atoms. The first-order valence-corrected chi connectivity index (χ1v) is 18.7. The zero-order valence-corrected chi connectivity index (χ0v) is 30.9. The molecule has 1 amide bonds. The number of hydrogen-bond acceptors (Lipinski definition) is 10. The average molecular weight is 713 g/mol. The van der Waals surface area contributed by atoms with Gasteiger partial charge in [-0.05, 0) is 79.2 Å². The Morgan fingerprint density at radius 3 is 2.51 bits per heavy atom. The minimum atomic E-state index is -3.91. The number of carbonyl (C=O) groups is 1. The third-order valence-corrected chi connectivity index (χ3v) is 11.2. The molecule has 0 spiro atoms. The summed E-state index contributed by atoms with van der Waals surface area (Å²) in [6.45, 7) is 16.5. The zero-order chi connectivity index (χ0) is 36.2. The summed E-state index contributed by atoms with van der Waals surface area (Å²) in [5, 5.41) is 5.59. The van der Waals surface area contributed by atoms with Crippen LogP contribution >= 0.6 is 0 Å². The number of aryl methyl sites for hydroxylation is 2. The second-order valence-corrected chi connectivity index (χ2v) is 16.3. The molecule has 0 bridgehead atoms. The molecule has 7 rings (SSSR count). The number of pyridine rings is 1. The molecule has 2 saturated heterocycles. The summed E-state index contributed by atoms with van der Waals surface area (Å²) in [6.07, 6.45) is 3.56. The van der Waals surface area contributed by atoms with E-state index in [1.165, 1.54) is 10.2 Å². The minimum Gasteiger partial charge on any atom is -0.444 e. The van der Waals surface area contributed by atoms with Crippen molar-refractivity contribution in [2.24, 2.45) is 0 Å². The number of nitrogens with zero attached hydrogens (tertiary/aromatic N) is 8. The van der Waals surface area contributed by atoms with E-state index in [1.54, 1.807) is 41.4 Å². The van der Waals surface area contributed by atoms with E-state index in [0.717, 1.165) is 34.8 Å². The minimum absolute atomic E-state index is 0.0138. The third kappa shape index (κ3) is 6.58. The summed E-state index contributed by atoms with van der Waals surface area (Å²) in [5.41, 5.74) is 4.69. The Kier molecular flexibility index (Phi) is 8.86. The van der Waals surface area contributed by atoms with Crippen LogP contribution in [0, 0.1) is 20.8 Å². The van der Waals surface area contributed by atoms with E-state index in [-0.39, 0.29) is 23.1 Å². The fourth-order valence-corrected chi connectivity index (χ4v) is 8.25. The third-order valence-electron chi connectivity index (χ3n) is 9.49. The fourth-order valence-electron chi connectivity index (χ4n) is 6.95. The number of amides is 1. The lowest BCUT2D eigenvalue weighted by atomic mass is 10.1. The second kappa shape index (κ2) is 13.1. The molecule has 0 saturated carbocycles.